The van der Waals surface area contributed by atoms with E-state index in [0.717, 1.165) is 12.2 Å². The smallest absolute Gasteiger partial charge is 0.119 e. The molecule has 2 N–H and O–H groups in total. The second-order valence-corrected chi connectivity index (χ2v) is 4.94. The Morgan fingerprint density at radius 2 is 1.75 bits per heavy atom. The summed E-state index contributed by atoms with van der Waals surface area (Å²) in [5, 5.41) is 0. The Morgan fingerprint density at radius 3 is 2.45 bits per heavy atom. The summed E-state index contributed by atoms with van der Waals surface area (Å²) < 4.78 is 16.4. The van der Waals surface area contributed by atoms with Crippen LogP contribution in [0.25, 0.3) is 0 Å². The van der Waals surface area contributed by atoms with Gasteiger partial charge in [-0.2, -0.15) is 0 Å². The van der Waals surface area contributed by atoms with Gasteiger partial charge in [0.05, 0.1) is 26.4 Å². The fourth-order valence-corrected chi connectivity index (χ4v) is 1.72. The normalized spacial score (nSPS) is 11.0. The van der Waals surface area contributed by atoms with Crippen molar-refractivity contribution in [3.8, 4) is 5.75 Å². The first-order valence-corrected chi connectivity index (χ1v) is 7.32. The van der Waals surface area contributed by atoms with Crippen molar-refractivity contribution in [2.75, 3.05) is 39.6 Å². The van der Waals surface area contributed by atoms with E-state index in [1.165, 1.54) is 5.56 Å². The number of benzene rings is 1. The zero-order valence-corrected chi connectivity index (χ0v) is 12.6. The monoisotopic (exact) mass is 281 g/mol. The maximum Gasteiger partial charge on any atom is 0.119 e. The summed E-state index contributed by atoms with van der Waals surface area (Å²) in [6.07, 6.45) is 0.878. The van der Waals surface area contributed by atoms with Crippen molar-refractivity contribution < 1.29 is 14.2 Å². The van der Waals surface area contributed by atoms with Crippen molar-refractivity contribution in [3.05, 3.63) is 29.8 Å². The van der Waals surface area contributed by atoms with Crippen LogP contribution in [0, 0.1) is 0 Å². The van der Waals surface area contributed by atoms with Crippen molar-refractivity contribution >= 4 is 0 Å². The van der Waals surface area contributed by atoms with Gasteiger partial charge in [-0.3, -0.25) is 0 Å². The van der Waals surface area contributed by atoms with E-state index < -0.39 is 0 Å². The van der Waals surface area contributed by atoms with E-state index in [9.17, 15) is 0 Å². The van der Waals surface area contributed by atoms with Gasteiger partial charge in [-0.25, -0.2) is 0 Å². The minimum absolute atomic E-state index is 0.524. The Hall–Kier alpha value is -1.10. The van der Waals surface area contributed by atoms with Crippen LogP contribution >= 0.6 is 0 Å². The van der Waals surface area contributed by atoms with E-state index in [2.05, 4.69) is 26.0 Å². The molecular formula is C16H27NO3. The molecule has 114 valence electrons. The molecule has 0 unspecified atom stereocenters. The van der Waals surface area contributed by atoms with Gasteiger partial charge in [0.1, 0.15) is 5.75 Å². The predicted octanol–water partition coefficient (Wildman–Crippen LogP) is 2.57. The summed E-state index contributed by atoms with van der Waals surface area (Å²) in [5.74, 6) is 1.46. The molecule has 0 radical (unpaired) electrons. The van der Waals surface area contributed by atoms with Gasteiger partial charge in [0.2, 0.25) is 0 Å². The van der Waals surface area contributed by atoms with Crippen molar-refractivity contribution in [1.29, 1.82) is 0 Å². The molecule has 0 saturated heterocycles. The molecule has 0 aliphatic heterocycles. The first-order valence-electron chi connectivity index (χ1n) is 7.32. The highest BCUT2D eigenvalue weighted by atomic mass is 16.5. The molecule has 0 fully saturated rings. The van der Waals surface area contributed by atoms with Crippen LogP contribution in [0.1, 0.15) is 31.7 Å². The predicted molar refractivity (Wildman–Crippen MR) is 81.3 cm³/mol. The SMILES string of the molecule is CC(C)c1cccc(OCCCOCCOCCN)c1. The molecule has 0 bridgehead atoms. The summed E-state index contributed by atoms with van der Waals surface area (Å²) in [5.41, 5.74) is 6.61. The second kappa shape index (κ2) is 10.7. The summed E-state index contributed by atoms with van der Waals surface area (Å²) in [6, 6.07) is 8.26. The van der Waals surface area contributed by atoms with Gasteiger partial charge in [0.15, 0.2) is 0 Å². The molecule has 4 nitrogen and oxygen atoms in total. The fourth-order valence-electron chi connectivity index (χ4n) is 1.72. The van der Waals surface area contributed by atoms with Crippen molar-refractivity contribution in [3.63, 3.8) is 0 Å². The van der Waals surface area contributed by atoms with Gasteiger partial charge in [-0.05, 0) is 23.6 Å². The largest absolute Gasteiger partial charge is 0.493 e. The van der Waals surface area contributed by atoms with Crippen LogP contribution in [0.15, 0.2) is 24.3 Å². The topological polar surface area (TPSA) is 53.7 Å². The lowest BCUT2D eigenvalue weighted by Gasteiger charge is -2.10. The Bertz CT molecular complexity index is 355. The summed E-state index contributed by atoms with van der Waals surface area (Å²) in [6.45, 7) is 8.10. The molecule has 0 amide bonds. The van der Waals surface area contributed by atoms with Crippen LogP contribution in [0.3, 0.4) is 0 Å². The van der Waals surface area contributed by atoms with Crippen LogP contribution in [-0.2, 0) is 9.47 Å². The van der Waals surface area contributed by atoms with E-state index >= 15 is 0 Å². The summed E-state index contributed by atoms with van der Waals surface area (Å²) in [4.78, 5) is 0. The van der Waals surface area contributed by atoms with E-state index in [-0.39, 0.29) is 0 Å². The molecule has 0 atom stereocenters. The van der Waals surface area contributed by atoms with Gasteiger partial charge >= 0.3 is 0 Å². The average molecular weight is 281 g/mol. The lowest BCUT2D eigenvalue weighted by molar-refractivity contribution is 0.0463. The number of rotatable bonds is 11. The molecule has 0 aliphatic rings. The minimum Gasteiger partial charge on any atom is -0.493 e. The summed E-state index contributed by atoms with van der Waals surface area (Å²) >= 11 is 0. The second-order valence-electron chi connectivity index (χ2n) is 4.94. The third-order valence-electron chi connectivity index (χ3n) is 2.86. The Kier molecular flexibility index (Phi) is 9.04. The quantitative estimate of drug-likeness (QED) is 0.633. The highest BCUT2D eigenvalue weighted by molar-refractivity contribution is 5.30. The van der Waals surface area contributed by atoms with E-state index in [1.807, 2.05) is 12.1 Å². The first kappa shape index (κ1) is 17.0. The van der Waals surface area contributed by atoms with E-state index in [1.54, 1.807) is 0 Å². The molecule has 4 heteroatoms. The number of hydrogen-bond acceptors (Lipinski definition) is 4. The van der Waals surface area contributed by atoms with Gasteiger partial charge in [0, 0.05) is 19.6 Å². The number of ether oxygens (including phenoxy) is 3. The van der Waals surface area contributed by atoms with E-state index in [0.29, 0.717) is 45.5 Å². The lowest BCUT2D eigenvalue weighted by atomic mass is 10.0. The third kappa shape index (κ3) is 7.48. The lowest BCUT2D eigenvalue weighted by Crippen LogP contribution is -2.12. The van der Waals surface area contributed by atoms with Gasteiger partial charge in [0.25, 0.3) is 0 Å². The molecule has 0 saturated carbocycles. The number of nitrogens with two attached hydrogens (primary N) is 1. The van der Waals surface area contributed by atoms with Crippen LogP contribution < -0.4 is 10.5 Å². The molecular weight excluding hydrogens is 254 g/mol. The van der Waals surface area contributed by atoms with Gasteiger partial charge in [-0.1, -0.05) is 26.0 Å². The van der Waals surface area contributed by atoms with Crippen LogP contribution in [0.4, 0.5) is 0 Å². The van der Waals surface area contributed by atoms with Crippen LogP contribution in [-0.4, -0.2) is 39.6 Å². The minimum atomic E-state index is 0.524. The highest BCUT2D eigenvalue weighted by Crippen LogP contribution is 2.20. The maximum atomic E-state index is 5.71. The Morgan fingerprint density at radius 1 is 1.00 bits per heavy atom. The van der Waals surface area contributed by atoms with Gasteiger partial charge in [-0.15, -0.1) is 0 Å². The molecule has 0 aromatic heterocycles. The average Bonchev–Trinajstić information content (AvgIpc) is 2.46. The fraction of sp³-hybridized carbons (Fsp3) is 0.625. The van der Waals surface area contributed by atoms with Crippen molar-refractivity contribution in [2.45, 2.75) is 26.2 Å². The molecule has 1 aromatic carbocycles. The highest BCUT2D eigenvalue weighted by Gasteiger charge is 2.00. The molecule has 0 spiro atoms. The third-order valence-corrected chi connectivity index (χ3v) is 2.86. The first-order chi connectivity index (χ1) is 9.74. The van der Waals surface area contributed by atoms with Crippen molar-refractivity contribution in [1.82, 2.24) is 0 Å². The molecule has 1 aromatic rings. The van der Waals surface area contributed by atoms with Crippen molar-refractivity contribution in [2.24, 2.45) is 5.73 Å². The van der Waals surface area contributed by atoms with Gasteiger partial charge < -0.3 is 19.9 Å². The maximum absolute atomic E-state index is 5.71. The van der Waals surface area contributed by atoms with Crippen LogP contribution in [0.5, 0.6) is 5.75 Å². The zero-order valence-electron chi connectivity index (χ0n) is 12.6. The molecule has 0 heterocycles. The molecule has 20 heavy (non-hydrogen) atoms. The standard InChI is InChI=1S/C16H27NO3/c1-14(2)15-5-3-6-16(13-15)20-9-4-8-18-11-12-19-10-7-17/h3,5-6,13-14H,4,7-12,17H2,1-2H3. The summed E-state index contributed by atoms with van der Waals surface area (Å²) in [7, 11) is 0. The molecule has 0 aliphatic carbocycles. The molecule has 1 rings (SSSR count). The Labute approximate surface area is 122 Å². The number of hydrogen-bond donors (Lipinski definition) is 1. The Balaban J connectivity index is 2.05. The van der Waals surface area contributed by atoms with Crippen LogP contribution in [0.2, 0.25) is 0 Å². The zero-order chi connectivity index (χ0) is 14.6. The van der Waals surface area contributed by atoms with E-state index in [4.69, 9.17) is 19.9 Å².